The lowest BCUT2D eigenvalue weighted by atomic mass is 10.2. The first-order chi connectivity index (χ1) is 9.95. The van der Waals surface area contributed by atoms with Gasteiger partial charge in [-0.05, 0) is 20.4 Å². The van der Waals surface area contributed by atoms with E-state index in [-0.39, 0.29) is 0 Å². The fourth-order valence-electron chi connectivity index (χ4n) is 2.11. The number of aryl methyl sites for hydroxylation is 1. The highest BCUT2D eigenvalue weighted by Gasteiger charge is 2.16. The van der Waals surface area contributed by atoms with E-state index in [2.05, 4.69) is 41.2 Å². The Morgan fingerprint density at radius 3 is 2.57 bits per heavy atom. The first-order valence-corrected chi connectivity index (χ1v) is 7.62. The molecule has 5 nitrogen and oxygen atoms in total. The molecule has 0 fully saturated rings. The first-order valence-electron chi connectivity index (χ1n) is 7.24. The maximum atomic E-state index is 6.25. The Kier molecular flexibility index (Phi) is 4.96. The number of hydrogen-bond donors (Lipinski definition) is 1. The molecule has 0 saturated carbocycles. The molecule has 114 valence electrons. The van der Waals surface area contributed by atoms with Crippen molar-refractivity contribution >= 4 is 11.6 Å². The van der Waals surface area contributed by atoms with Crippen molar-refractivity contribution in [3.63, 3.8) is 0 Å². The molecule has 6 heteroatoms. The Hall–Kier alpha value is -1.46. The van der Waals surface area contributed by atoms with E-state index in [1.54, 1.807) is 0 Å². The minimum absolute atomic E-state index is 0.295. The van der Waals surface area contributed by atoms with Crippen molar-refractivity contribution in [2.24, 2.45) is 0 Å². The average molecular weight is 308 g/mol. The quantitative estimate of drug-likeness (QED) is 0.922. The van der Waals surface area contributed by atoms with Gasteiger partial charge >= 0.3 is 0 Å². The van der Waals surface area contributed by atoms with Crippen LogP contribution in [-0.2, 0) is 6.54 Å². The van der Waals surface area contributed by atoms with Crippen molar-refractivity contribution in [3.05, 3.63) is 34.1 Å². The lowest BCUT2D eigenvalue weighted by Gasteiger charge is -2.13. The number of hydrogen-bond acceptors (Lipinski definition) is 4. The van der Waals surface area contributed by atoms with Gasteiger partial charge in [-0.3, -0.25) is 0 Å². The molecule has 0 aliphatic heterocycles. The standard InChI is InChI=1S/C15H22ClN5/c1-6-17-7-12-13(8-18-15(19-12)9(2)3)21-11(5)14(16)10(4)20-21/h8-9,17H,6-7H2,1-5H3. The second kappa shape index (κ2) is 6.54. The average Bonchev–Trinajstić information content (AvgIpc) is 2.72. The van der Waals surface area contributed by atoms with E-state index in [4.69, 9.17) is 11.6 Å². The highest BCUT2D eigenvalue weighted by atomic mass is 35.5. The van der Waals surface area contributed by atoms with E-state index in [1.807, 2.05) is 24.7 Å². The van der Waals surface area contributed by atoms with E-state index in [9.17, 15) is 0 Å². The van der Waals surface area contributed by atoms with E-state index in [0.29, 0.717) is 17.5 Å². The van der Waals surface area contributed by atoms with Crippen LogP contribution in [0, 0.1) is 13.8 Å². The normalized spacial score (nSPS) is 11.4. The van der Waals surface area contributed by atoms with Gasteiger partial charge < -0.3 is 5.32 Å². The molecular formula is C15H22ClN5. The van der Waals surface area contributed by atoms with Gasteiger partial charge in [0, 0.05) is 12.5 Å². The SMILES string of the molecule is CCNCc1nc(C(C)C)ncc1-n1nc(C)c(Cl)c1C. The first kappa shape index (κ1) is 15.9. The van der Waals surface area contributed by atoms with Crippen molar-refractivity contribution in [1.82, 2.24) is 25.1 Å². The van der Waals surface area contributed by atoms with Crippen molar-refractivity contribution in [2.45, 2.75) is 47.1 Å². The van der Waals surface area contributed by atoms with Crippen LogP contribution >= 0.6 is 11.6 Å². The highest BCUT2D eigenvalue weighted by molar-refractivity contribution is 6.31. The summed E-state index contributed by atoms with van der Waals surface area (Å²) in [6.07, 6.45) is 1.84. The van der Waals surface area contributed by atoms with Crippen LogP contribution in [0.1, 0.15) is 49.6 Å². The third kappa shape index (κ3) is 3.24. The lowest BCUT2D eigenvalue weighted by molar-refractivity contribution is 0.670. The van der Waals surface area contributed by atoms with Gasteiger partial charge in [-0.15, -0.1) is 0 Å². The number of nitrogens with zero attached hydrogens (tertiary/aromatic N) is 4. The summed E-state index contributed by atoms with van der Waals surface area (Å²) in [6, 6.07) is 0. The molecule has 0 aliphatic rings. The Labute approximate surface area is 130 Å². The van der Waals surface area contributed by atoms with E-state index in [0.717, 1.165) is 35.1 Å². The molecule has 2 aromatic rings. The summed E-state index contributed by atoms with van der Waals surface area (Å²) >= 11 is 6.25. The van der Waals surface area contributed by atoms with Crippen LogP contribution in [0.5, 0.6) is 0 Å². The second-order valence-corrected chi connectivity index (χ2v) is 5.77. The van der Waals surface area contributed by atoms with Crippen LogP contribution in [0.4, 0.5) is 0 Å². The maximum Gasteiger partial charge on any atom is 0.131 e. The Morgan fingerprint density at radius 2 is 2.05 bits per heavy atom. The van der Waals surface area contributed by atoms with E-state index >= 15 is 0 Å². The molecule has 0 aliphatic carbocycles. The predicted octanol–water partition coefficient (Wildman–Crippen LogP) is 3.17. The largest absolute Gasteiger partial charge is 0.311 e. The van der Waals surface area contributed by atoms with E-state index < -0.39 is 0 Å². The van der Waals surface area contributed by atoms with Crippen LogP contribution in [0.25, 0.3) is 5.69 Å². The zero-order chi connectivity index (χ0) is 15.6. The van der Waals surface area contributed by atoms with Crippen LogP contribution in [0.3, 0.4) is 0 Å². The number of aromatic nitrogens is 4. The maximum absolute atomic E-state index is 6.25. The molecule has 0 bridgehead atoms. The molecule has 1 N–H and O–H groups in total. The third-order valence-corrected chi connectivity index (χ3v) is 3.90. The van der Waals surface area contributed by atoms with Gasteiger partial charge in [0.2, 0.25) is 0 Å². The molecule has 0 spiro atoms. The summed E-state index contributed by atoms with van der Waals surface area (Å²) in [5.74, 6) is 1.14. The molecule has 0 unspecified atom stereocenters. The summed E-state index contributed by atoms with van der Waals surface area (Å²) in [4.78, 5) is 9.15. The van der Waals surface area contributed by atoms with Crippen LogP contribution in [-0.4, -0.2) is 26.3 Å². The molecule has 0 aromatic carbocycles. The summed E-state index contributed by atoms with van der Waals surface area (Å²) in [5, 5.41) is 8.51. The van der Waals surface area contributed by atoms with Gasteiger partial charge in [0.05, 0.1) is 28.3 Å². The highest BCUT2D eigenvalue weighted by Crippen LogP contribution is 2.24. The Bertz CT molecular complexity index is 633. The summed E-state index contributed by atoms with van der Waals surface area (Å²) in [6.45, 7) is 11.7. The van der Waals surface area contributed by atoms with Crippen LogP contribution < -0.4 is 5.32 Å². The molecule has 0 amide bonds. The Balaban J connectivity index is 2.53. The van der Waals surface area contributed by atoms with E-state index in [1.165, 1.54) is 0 Å². The third-order valence-electron chi connectivity index (χ3n) is 3.35. The van der Waals surface area contributed by atoms with Crippen molar-refractivity contribution in [3.8, 4) is 5.69 Å². The second-order valence-electron chi connectivity index (χ2n) is 5.39. The smallest absolute Gasteiger partial charge is 0.131 e. The summed E-state index contributed by atoms with van der Waals surface area (Å²) in [5.41, 5.74) is 3.55. The van der Waals surface area contributed by atoms with Crippen molar-refractivity contribution < 1.29 is 0 Å². The molecular weight excluding hydrogens is 286 g/mol. The van der Waals surface area contributed by atoms with Gasteiger partial charge in [-0.2, -0.15) is 5.10 Å². The minimum Gasteiger partial charge on any atom is -0.311 e. The summed E-state index contributed by atoms with van der Waals surface area (Å²) in [7, 11) is 0. The lowest BCUT2D eigenvalue weighted by Crippen LogP contribution is -2.18. The fraction of sp³-hybridized carbons (Fsp3) is 0.533. The molecule has 21 heavy (non-hydrogen) atoms. The molecule has 2 rings (SSSR count). The van der Waals surface area contributed by atoms with Crippen LogP contribution in [0.2, 0.25) is 5.02 Å². The molecule has 0 radical (unpaired) electrons. The zero-order valence-corrected chi connectivity index (χ0v) is 14.0. The van der Waals surface area contributed by atoms with Crippen LogP contribution in [0.15, 0.2) is 6.20 Å². The Morgan fingerprint density at radius 1 is 1.33 bits per heavy atom. The van der Waals surface area contributed by atoms with Gasteiger partial charge in [-0.25, -0.2) is 14.6 Å². The molecule has 0 atom stereocenters. The molecule has 0 saturated heterocycles. The zero-order valence-electron chi connectivity index (χ0n) is 13.2. The van der Waals surface area contributed by atoms with Gasteiger partial charge in [0.25, 0.3) is 0 Å². The number of halogens is 1. The minimum atomic E-state index is 0.295. The summed E-state index contributed by atoms with van der Waals surface area (Å²) < 4.78 is 1.83. The molecule has 2 aromatic heterocycles. The number of nitrogens with one attached hydrogen (secondary N) is 1. The van der Waals surface area contributed by atoms with Gasteiger partial charge in [0.1, 0.15) is 11.5 Å². The van der Waals surface area contributed by atoms with Crippen molar-refractivity contribution in [1.29, 1.82) is 0 Å². The topological polar surface area (TPSA) is 55.6 Å². The van der Waals surface area contributed by atoms with Gasteiger partial charge in [-0.1, -0.05) is 32.4 Å². The fourth-order valence-corrected chi connectivity index (χ4v) is 2.23. The van der Waals surface area contributed by atoms with Gasteiger partial charge in [0.15, 0.2) is 0 Å². The van der Waals surface area contributed by atoms with Crippen molar-refractivity contribution in [2.75, 3.05) is 6.54 Å². The predicted molar refractivity (Wildman–Crippen MR) is 85.1 cm³/mol. The monoisotopic (exact) mass is 307 g/mol. The number of rotatable bonds is 5. The molecule has 2 heterocycles.